The largest absolute Gasteiger partial charge is 0.370 e. The lowest BCUT2D eigenvalue weighted by atomic mass is 10.2. The lowest BCUT2D eigenvalue weighted by Gasteiger charge is -2.28. The van der Waals surface area contributed by atoms with Crippen molar-refractivity contribution in [3.63, 3.8) is 0 Å². The molecule has 2 heterocycles. The van der Waals surface area contributed by atoms with Gasteiger partial charge >= 0.3 is 0 Å². The van der Waals surface area contributed by atoms with Crippen molar-refractivity contribution < 1.29 is 0 Å². The van der Waals surface area contributed by atoms with E-state index in [2.05, 4.69) is 82.0 Å². The molecule has 2 aliphatic rings. The summed E-state index contributed by atoms with van der Waals surface area (Å²) >= 11 is 2.05. The molecule has 2 saturated heterocycles. The Hall–Kier alpha value is -1.61. The first-order valence-corrected chi connectivity index (χ1v) is 12.2. The van der Waals surface area contributed by atoms with Gasteiger partial charge in [0.1, 0.15) is 0 Å². The molecule has 2 fully saturated rings. The summed E-state index contributed by atoms with van der Waals surface area (Å²) in [6, 6.07) is 20.0. The highest BCUT2D eigenvalue weighted by atomic mass is 127. The van der Waals surface area contributed by atoms with Gasteiger partial charge < -0.3 is 20.4 Å². The Balaban J connectivity index is 0.00000272. The maximum atomic E-state index is 4.85. The zero-order chi connectivity index (χ0) is 20.6. The van der Waals surface area contributed by atoms with Crippen LogP contribution in [-0.4, -0.2) is 56.2 Å². The average Bonchev–Trinajstić information content (AvgIpc) is 3.28. The lowest BCUT2D eigenvalue weighted by molar-refractivity contribution is 0.649. The first-order valence-electron chi connectivity index (χ1n) is 11.1. The van der Waals surface area contributed by atoms with E-state index in [0.29, 0.717) is 12.6 Å². The van der Waals surface area contributed by atoms with Crippen LogP contribution in [0.3, 0.4) is 0 Å². The van der Waals surface area contributed by atoms with Gasteiger partial charge in [0.15, 0.2) is 5.96 Å². The Morgan fingerprint density at radius 3 is 2.39 bits per heavy atom. The predicted molar refractivity (Wildman–Crippen MR) is 146 cm³/mol. The van der Waals surface area contributed by atoms with Gasteiger partial charge in [-0.2, -0.15) is 11.8 Å². The number of nitrogens with one attached hydrogen (secondary N) is 2. The van der Waals surface area contributed by atoms with Gasteiger partial charge in [0.25, 0.3) is 0 Å². The highest BCUT2D eigenvalue weighted by molar-refractivity contribution is 14.0. The number of anilines is 2. The van der Waals surface area contributed by atoms with Crippen LogP contribution >= 0.6 is 35.7 Å². The van der Waals surface area contributed by atoms with Gasteiger partial charge in [-0.1, -0.05) is 30.3 Å². The van der Waals surface area contributed by atoms with Crippen molar-refractivity contribution in [2.75, 3.05) is 54.0 Å². The van der Waals surface area contributed by atoms with Gasteiger partial charge in [0.2, 0.25) is 0 Å². The second kappa shape index (κ2) is 12.4. The summed E-state index contributed by atoms with van der Waals surface area (Å²) in [6.07, 6.45) is 1.13. The van der Waals surface area contributed by atoms with Gasteiger partial charge in [0.05, 0.1) is 6.54 Å². The summed E-state index contributed by atoms with van der Waals surface area (Å²) in [4.78, 5) is 9.77. The number of halogens is 1. The Kier molecular flexibility index (Phi) is 9.64. The van der Waals surface area contributed by atoms with Crippen molar-refractivity contribution in [1.82, 2.24) is 10.6 Å². The predicted octanol–water partition coefficient (Wildman–Crippen LogP) is 4.19. The molecule has 31 heavy (non-hydrogen) atoms. The normalized spacial score (nSPS) is 19.1. The van der Waals surface area contributed by atoms with Crippen LogP contribution in [-0.2, 0) is 6.54 Å². The molecule has 168 valence electrons. The molecule has 0 radical (unpaired) electrons. The van der Waals surface area contributed by atoms with E-state index in [1.807, 2.05) is 11.8 Å². The van der Waals surface area contributed by atoms with E-state index >= 15 is 0 Å². The number of para-hydroxylation sites is 1. The molecule has 1 atom stereocenters. The highest BCUT2D eigenvalue weighted by Gasteiger charge is 2.23. The topological polar surface area (TPSA) is 42.9 Å². The van der Waals surface area contributed by atoms with E-state index in [1.165, 1.54) is 28.4 Å². The molecular weight excluding hydrogens is 517 g/mol. The van der Waals surface area contributed by atoms with Crippen molar-refractivity contribution in [2.45, 2.75) is 25.9 Å². The molecule has 7 heteroatoms. The smallest absolute Gasteiger partial charge is 0.191 e. The van der Waals surface area contributed by atoms with Crippen LogP contribution in [0.2, 0.25) is 0 Å². The molecule has 0 amide bonds. The summed E-state index contributed by atoms with van der Waals surface area (Å²) in [5, 5.41) is 7.04. The number of benzene rings is 2. The molecule has 0 saturated carbocycles. The maximum absolute atomic E-state index is 4.85. The van der Waals surface area contributed by atoms with E-state index in [1.54, 1.807) is 0 Å². The molecule has 0 spiro atoms. The van der Waals surface area contributed by atoms with Gasteiger partial charge in [-0.05, 0) is 43.2 Å². The molecular formula is C24H34IN5S. The Morgan fingerprint density at radius 1 is 0.968 bits per heavy atom. The standard InChI is InChI=1S/C24H33N5S.HI/c1-2-25-24(27-21-12-13-29(19-21)22-6-4-3-5-7-22)26-18-20-8-10-23(11-9-20)28-14-16-30-17-15-28;/h3-11,21H,2,12-19H2,1H3,(H2,25,26,27);1H. The zero-order valence-electron chi connectivity index (χ0n) is 18.3. The van der Waals surface area contributed by atoms with Crippen LogP contribution in [0.25, 0.3) is 0 Å². The minimum atomic E-state index is 0. The monoisotopic (exact) mass is 551 g/mol. The van der Waals surface area contributed by atoms with E-state index < -0.39 is 0 Å². The Morgan fingerprint density at radius 2 is 1.68 bits per heavy atom. The number of aliphatic imine (C=N–C) groups is 1. The van der Waals surface area contributed by atoms with Crippen molar-refractivity contribution in [2.24, 2.45) is 4.99 Å². The molecule has 2 aromatic carbocycles. The summed E-state index contributed by atoms with van der Waals surface area (Å²) in [5.74, 6) is 3.37. The summed E-state index contributed by atoms with van der Waals surface area (Å²) in [5.41, 5.74) is 3.89. The van der Waals surface area contributed by atoms with Crippen LogP contribution < -0.4 is 20.4 Å². The molecule has 2 aliphatic heterocycles. The molecule has 0 aromatic heterocycles. The van der Waals surface area contributed by atoms with Gasteiger partial charge in [-0.3, -0.25) is 0 Å². The minimum absolute atomic E-state index is 0. The number of guanidine groups is 1. The van der Waals surface area contributed by atoms with E-state index in [9.17, 15) is 0 Å². The number of thioether (sulfide) groups is 1. The average molecular weight is 552 g/mol. The summed E-state index contributed by atoms with van der Waals surface area (Å²) in [6.45, 7) is 8.08. The fourth-order valence-corrected chi connectivity index (χ4v) is 4.97. The second-order valence-electron chi connectivity index (χ2n) is 7.87. The van der Waals surface area contributed by atoms with E-state index in [4.69, 9.17) is 4.99 Å². The lowest BCUT2D eigenvalue weighted by Crippen LogP contribution is -2.44. The third kappa shape index (κ3) is 6.94. The maximum Gasteiger partial charge on any atom is 0.191 e. The molecule has 0 bridgehead atoms. The van der Waals surface area contributed by atoms with Gasteiger partial charge in [-0.15, -0.1) is 24.0 Å². The summed E-state index contributed by atoms with van der Waals surface area (Å²) in [7, 11) is 0. The Labute approximate surface area is 208 Å². The fourth-order valence-electron chi connectivity index (χ4n) is 4.07. The summed E-state index contributed by atoms with van der Waals surface area (Å²) < 4.78 is 0. The zero-order valence-corrected chi connectivity index (χ0v) is 21.4. The van der Waals surface area contributed by atoms with E-state index in [0.717, 1.165) is 45.1 Å². The second-order valence-corrected chi connectivity index (χ2v) is 9.10. The molecule has 2 aromatic rings. The number of hydrogen-bond acceptors (Lipinski definition) is 4. The van der Waals surface area contributed by atoms with Crippen LogP contribution in [0.4, 0.5) is 11.4 Å². The van der Waals surface area contributed by atoms with Crippen LogP contribution in [0.5, 0.6) is 0 Å². The van der Waals surface area contributed by atoms with E-state index in [-0.39, 0.29) is 24.0 Å². The molecule has 4 rings (SSSR count). The number of nitrogens with zero attached hydrogens (tertiary/aromatic N) is 3. The Bertz CT molecular complexity index is 808. The number of hydrogen-bond donors (Lipinski definition) is 2. The third-order valence-electron chi connectivity index (χ3n) is 5.73. The first-order chi connectivity index (χ1) is 14.8. The third-order valence-corrected chi connectivity index (χ3v) is 6.67. The SMILES string of the molecule is CCNC(=NCc1ccc(N2CCSCC2)cc1)NC1CCN(c2ccccc2)C1.I. The quantitative estimate of drug-likeness (QED) is 0.320. The molecule has 1 unspecified atom stereocenters. The van der Waals surface area contributed by atoms with Crippen molar-refractivity contribution in [3.8, 4) is 0 Å². The van der Waals surface area contributed by atoms with Crippen LogP contribution in [0, 0.1) is 0 Å². The van der Waals surface area contributed by atoms with Gasteiger partial charge in [-0.25, -0.2) is 4.99 Å². The first kappa shape index (κ1) is 24.0. The van der Waals surface area contributed by atoms with Gasteiger partial charge in [0, 0.05) is 61.6 Å². The van der Waals surface area contributed by atoms with Crippen molar-refractivity contribution in [3.05, 3.63) is 60.2 Å². The minimum Gasteiger partial charge on any atom is -0.370 e. The van der Waals surface area contributed by atoms with Crippen molar-refractivity contribution in [1.29, 1.82) is 0 Å². The molecule has 5 nitrogen and oxygen atoms in total. The molecule has 0 aliphatic carbocycles. The van der Waals surface area contributed by atoms with Crippen LogP contribution in [0.1, 0.15) is 18.9 Å². The van der Waals surface area contributed by atoms with Crippen molar-refractivity contribution >= 4 is 53.1 Å². The number of rotatable bonds is 6. The van der Waals surface area contributed by atoms with Crippen LogP contribution in [0.15, 0.2) is 59.6 Å². The fraction of sp³-hybridized carbons (Fsp3) is 0.458. The molecule has 2 N–H and O–H groups in total. The highest BCUT2D eigenvalue weighted by Crippen LogP contribution is 2.21.